The molecule has 0 aromatic carbocycles. The van der Waals surface area contributed by atoms with Gasteiger partial charge in [0.1, 0.15) is 5.83 Å². The lowest BCUT2D eigenvalue weighted by Gasteiger charge is -2.13. The van der Waals surface area contributed by atoms with Gasteiger partial charge in [-0.1, -0.05) is 6.08 Å². The Morgan fingerprint density at radius 1 is 1.56 bits per heavy atom. The van der Waals surface area contributed by atoms with Gasteiger partial charge in [0, 0.05) is 0 Å². The summed E-state index contributed by atoms with van der Waals surface area (Å²) < 4.78 is 23.2. The fraction of sp³-hybridized carbons (Fsp3) is 0.167. The summed E-state index contributed by atoms with van der Waals surface area (Å²) in [5.74, 6) is -0.519. The molecule has 0 bridgehead atoms. The molecule has 0 heterocycles. The van der Waals surface area contributed by atoms with Gasteiger partial charge < -0.3 is 0 Å². The lowest BCUT2D eigenvalue weighted by Crippen LogP contribution is -2.12. The van der Waals surface area contributed by atoms with E-state index in [0.29, 0.717) is 0 Å². The second-order valence-corrected chi connectivity index (χ2v) is 3.38. The molecule has 1 atom stereocenters. The zero-order valence-electron chi connectivity index (χ0n) is 4.44. The van der Waals surface area contributed by atoms with Gasteiger partial charge in [-0.3, -0.25) is 0 Å². The van der Waals surface area contributed by atoms with Gasteiger partial charge in [-0.15, -0.1) is 0 Å². The van der Waals surface area contributed by atoms with Crippen LogP contribution in [-0.4, -0.2) is 3.68 Å². The zero-order valence-corrected chi connectivity index (χ0v) is 6.60. The molecule has 9 heavy (non-hydrogen) atoms. The highest BCUT2D eigenvalue weighted by molar-refractivity contribution is 14.1. The molecule has 0 N–H and O–H groups in total. The fourth-order valence-corrected chi connectivity index (χ4v) is 1.05. The first-order valence-electron chi connectivity index (χ1n) is 2.39. The Morgan fingerprint density at radius 2 is 2.22 bits per heavy atom. The van der Waals surface area contributed by atoms with Crippen LogP contribution in [0.15, 0.2) is 24.1 Å². The van der Waals surface area contributed by atoms with E-state index in [1.807, 2.05) is 0 Å². The number of hydrogen-bond acceptors (Lipinski definition) is 0. The molecule has 3 heteroatoms. The van der Waals surface area contributed by atoms with Crippen molar-refractivity contribution in [2.24, 2.45) is 0 Å². The third kappa shape index (κ3) is 2.04. The molecule has 1 rings (SSSR count). The standard InChI is InChI=1S/C6H4F2I/c7-5-2-1-3-6(8,9)4-5/h1-4H. The smallest absolute Gasteiger partial charge is 0.189 e. The molecule has 1 radical (unpaired) electrons. The summed E-state index contributed by atoms with van der Waals surface area (Å²) in [4.78, 5) is 0. The molecule has 0 aromatic rings. The molecule has 0 saturated carbocycles. The van der Waals surface area contributed by atoms with Crippen molar-refractivity contribution in [3.63, 3.8) is 0 Å². The van der Waals surface area contributed by atoms with Gasteiger partial charge >= 0.3 is 0 Å². The summed E-state index contributed by atoms with van der Waals surface area (Å²) in [5.41, 5.74) is 0. The van der Waals surface area contributed by atoms with Crippen molar-refractivity contribution < 1.29 is 8.78 Å². The van der Waals surface area contributed by atoms with Crippen molar-refractivity contribution in [3.8, 4) is 0 Å². The summed E-state index contributed by atoms with van der Waals surface area (Å²) in [5, 5.41) is 0. The summed E-state index contributed by atoms with van der Waals surface area (Å²) in [6.07, 6.45) is 4.79. The molecule has 1 aliphatic carbocycles. The van der Waals surface area contributed by atoms with E-state index < -0.39 is 9.50 Å². The lowest BCUT2D eigenvalue weighted by molar-refractivity contribution is 0.410. The lowest BCUT2D eigenvalue weighted by atomic mass is 10.1. The Bertz CT molecular complexity index is 170. The molecule has 0 amide bonds. The maximum absolute atomic E-state index is 12.7. The predicted molar refractivity (Wildman–Crippen MR) is 40.5 cm³/mol. The van der Waals surface area contributed by atoms with Crippen molar-refractivity contribution in [2.45, 2.75) is 3.68 Å². The van der Waals surface area contributed by atoms with E-state index in [1.54, 1.807) is 0 Å². The Balaban J connectivity index is 2.73. The average Bonchev–Trinajstić information content (AvgIpc) is 1.60. The Labute approximate surface area is 65.8 Å². The maximum atomic E-state index is 12.7. The van der Waals surface area contributed by atoms with E-state index in [2.05, 4.69) is 0 Å². The first-order valence-corrected chi connectivity index (χ1v) is 3.47. The van der Waals surface area contributed by atoms with Crippen LogP contribution in [0, 0.1) is 6.42 Å². The van der Waals surface area contributed by atoms with Crippen molar-refractivity contribution in [2.75, 3.05) is 0 Å². The Hall–Kier alpha value is 0.0700. The number of hydrogen-bond donors (Lipinski definition) is 0. The Morgan fingerprint density at radius 3 is 2.56 bits per heavy atom. The van der Waals surface area contributed by atoms with Crippen molar-refractivity contribution >= 4 is 22.6 Å². The largest absolute Gasteiger partial charge is 0.227 e. The monoisotopic (exact) mass is 241 g/mol. The van der Waals surface area contributed by atoms with Crippen LogP contribution in [0.5, 0.6) is 0 Å². The second kappa shape index (κ2) is 2.36. The van der Waals surface area contributed by atoms with E-state index >= 15 is 0 Å². The van der Waals surface area contributed by atoms with E-state index in [-0.39, 0.29) is 0 Å². The van der Waals surface area contributed by atoms with Crippen molar-refractivity contribution in [1.82, 2.24) is 0 Å². The van der Waals surface area contributed by atoms with Gasteiger partial charge in [0.05, 0.1) is 6.42 Å². The van der Waals surface area contributed by atoms with Crippen LogP contribution < -0.4 is 0 Å². The summed E-state index contributed by atoms with van der Waals surface area (Å²) in [7, 11) is 0. The van der Waals surface area contributed by atoms with Crippen LogP contribution in [0.25, 0.3) is 0 Å². The predicted octanol–water partition coefficient (Wildman–Crippen LogP) is 2.71. The minimum atomic E-state index is -1.63. The average molecular weight is 241 g/mol. The second-order valence-electron chi connectivity index (χ2n) is 1.73. The molecule has 0 nitrogen and oxygen atoms in total. The molecule has 0 fully saturated rings. The molecular weight excluding hydrogens is 237 g/mol. The molecule has 1 unspecified atom stereocenters. The highest BCUT2D eigenvalue weighted by atomic mass is 127. The first kappa shape index (κ1) is 7.18. The van der Waals surface area contributed by atoms with Crippen LogP contribution in [-0.2, 0) is 0 Å². The zero-order chi connectivity index (χ0) is 6.91. The van der Waals surface area contributed by atoms with Gasteiger partial charge in [0.2, 0.25) is 0 Å². The minimum Gasteiger partial charge on any atom is -0.227 e. The van der Waals surface area contributed by atoms with Crippen molar-refractivity contribution in [3.05, 3.63) is 30.5 Å². The summed E-state index contributed by atoms with van der Waals surface area (Å²) >= 11 is 1.52. The molecule has 0 aliphatic heterocycles. The van der Waals surface area contributed by atoms with Crippen LogP contribution in [0.3, 0.4) is 0 Å². The molecule has 0 aromatic heterocycles. The van der Waals surface area contributed by atoms with E-state index in [0.717, 1.165) is 6.42 Å². The highest BCUT2D eigenvalue weighted by Gasteiger charge is 2.25. The number of allylic oxidation sites excluding steroid dienone is 4. The van der Waals surface area contributed by atoms with Gasteiger partial charge in [0.25, 0.3) is 0 Å². The van der Waals surface area contributed by atoms with Gasteiger partial charge in [0.15, 0.2) is 3.68 Å². The third-order valence-electron chi connectivity index (χ3n) is 0.904. The molecule has 0 spiro atoms. The molecule has 49 valence electrons. The minimum absolute atomic E-state index is 0.519. The summed E-state index contributed by atoms with van der Waals surface area (Å²) in [6, 6.07) is 0. The number of alkyl halides is 2. The van der Waals surface area contributed by atoms with Gasteiger partial charge in [-0.2, -0.15) is 0 Å². The molecule has 1 aliphatic rings. The highest BCUT2D eigenvalue weighted by Crippen LogP contribution is 2.32. The van der Waals surface area contributed by atoms with Crippen LogP contribution in [0.1, 0.15) is 0 Å². The maximum Gasteiger partial charge on any atom is 0.189 e. The SMILES string of the molecule is FC1=CC=CC(F)(I)[CH]1. The normalized spacial score (nSPS) is 34.3. The van der Waals surface area contributed by atoms with Crippen molar-refractivity contribution in [1.29, 1.82) is 0 Å². The third-order valence-corrected chi connectivity index (χ3v) is 1.58. The quantitative estimate of drug-likeness (QED) is 0.451. The number of rotatable bonds is 0. The van der Waals surface area contributed by atoms with E-state index in [9.17, 15) is 8.78 Å². The van der Waals surface area contributed by atoms with Crippen LogP contribution in [0.4, 0.5) is 8.78 Å². The Kier molecular flexibility index (Phi) is 1.88. The topological polar surface area (TPSA) is 0 Å². The van der Waals surface area contributed by atoms with Crippen LogP contribution in [0.2, 0.25) is 0 Å². The van der Waals surface area contributed by atoms with Gasteiger partial charge in [-0.05, 0) is 34.7 Å². The first-order chi connectivity index (χ1) is 4.10. The summed E-state index contributed by atoms with van der Waals surface area (Å²) in [6.45, 7) is 0. The van der Waals surface area contributed by atoms with Crippen LogP contribution >= 0.6 is 22.6 Å². The fourth-order valence-electron chi connectivity index (χ4n) is 0.548. The molecule has 0 saturated heterocycles. The van der Waals surface area contributed by atoms with E-state index in [4.69, 9.17) is 0 Å². The van der Waals surface area contributed by atoms with Gasteiger partial charge in [-0.25, -0.2) is 8.78 Å². The molecular formula is C6H4F2I. The van der Waals surface area contributed by atoms with E-state index in [1.165, 1.54) is 40.8 Å². The number of halogens is 3.